The van der Waals surface area contributed by atoms with Gasteiger partial charge in [0.15, 0.2) is 0 Å². The first kappa shape index (κ1) is 16.4. The Morgan fingerprint density at radius 3 is 2.65 bits per heavy atom. The summed E-state index contributed by atoms with van der Waals surface area (Å²) in [5.74, 6) is 1.29. The Bertz CT molecular complexity index is 1070. The Morgan fingerprint density at radius 1 is 1.04 bits per heavy atom. The fourth-order valence-corrected chi connectivity index (χ4v) is 3.09. The lowest BCUT2D eigenvalue weighted by molar-refractivity contribution is 0.360. The minimum atomic E-state index is -0.0821. The van der Waals surface area contributed by atoms with E-state index in [1.54, 1.807) is 12.5 Å². The molecule has 132 valence electrons. The minimum absolute atomic E-state index is 0.0821. The summed E-state index contributed by atoms with van der Waals surface area (Å²) in [5, 5.41) is 5.35. The molecular formula is C21H21N3O2. The highest BCUT2D eigenvalue weighted by Gasteiger charge is 2.19. The lowest BCUT2D eigenvalue weighted by atomic mass is 10.0. The van der Waals surface area contributed by atoms with Crippen LogP contribution in [0.1, 0.15) is 26.3 Å². The quantitative estimate of drug-likeness (QED) is 0.488. The van der Waals surface area contributed by atoms with Gasteiger partial charge < -0.3 is 9.15 Å². The second kappa shape index (κ2) is 6.02. The van der Waals surface area contributed by atoms with Crippen LogP contribution in [0.25, 0.3) is 22.2 Å². The van der Waals surface area contributed by atoms with Crippen LogP contribution in [0.4, 0.5) is 0 Å². The lowest BCUT2D eigenvalue weighted by Crippen LogP contribution is -2.24. The van der Waals surface area contributed by atoms with E-state index < -0.39 is 0 Å². The summed E-state index contributed by atoms with van der Waals surface area (Å²) >= 11 is 0. The smallest absolute Gasteiger partial charge is 0.230 e. The number of hydrogen-bond acceptors (Lipinski definition) is 4. The van der Waals surface area contributed by atoms with Crippen molar-refractivity contribution in [2.24, 2.45) is 0 Å². The molecule has 4 rings (SSSR count). The first-order chi connectivity index (χ1) is 12.4. The molecule has 0 spiro atoms. The third-order valence-electron chi connectivity index (χ3n) is 4.31. The van der Waals surface area contributed by atoms with E-state index in [1.165, 1.54) is 0 Å². The molecule has 0 aliphatic heterocycles. The number of furan rings is 1. The average Bonchev–Trinajstić information content (AvgIpc) is 3.24. The van der Waals surface area contributed by atoms with E-state index in [0.717, 1.165) is 33.5 Å². The highest BCUT2D eigenvalue weighted by atomic mass is 16.5. The fourth-order valence-electron chi connectivity index (χ4n) is 3.09. The topological polar surface area (TPSA) is 53.1 Å². The first-order valence-electron chi connectivity index (χ1n) is 8.59. The molecule has 0 amide bonds. The van der Waals surface area contributed by atoms with Crippen molar-refractivity contribution >= 4 is 11.0 Å². The van der Waals surface area contributed by atoms with Crippen LogP contribution in [-0.4, -0.2) is 14.8 Å². The zero-order chi connectivity index (χ0) is 18.3. The number of aryl methyl sites for hydroxylation is 1. The first-order valence-corrected chi connectivity index (χ1v) is 8.59. The Balaban J connectivity index is 1.69. The lowest BCUT2D eigenvalue weighted by Gasteiger charge is -2.23. The van der Waals surface area contributed by atoms with E-state index in [9.17, 15) is 0 Å². The number of aromatic nitrogens is 3. The molecule has 4 aromatic rings. The molecule has 26 heavy (non-hydrogen) atoms. The van der Waals surface area contributed by atoms with Crippen LogP contribution in [0, 0.1) is 6.92 Å². The molecule has 3 heterocycles. The van der Waals surface area contributed by atoms with Crippen LogP contribution >= 0.6 is 0 Å². The van der Waals surface area contributed by atoms with Crippen molar-refractivity contribution in [1.82, 2.24) is 14.8 Å². The highest BCUT2D eigenvalue weighted by molar-refractivity contribution is 5.82. The van der Waals surface area contributed by atoms with Crippen molar-refractivity contribution in [2.75, 3.05) is 0 Å². The summed E-state index contributed by atoms with van der Waals surface area (Å²) in [6, 6.07) is 11.8. The van der Waals surface area contributed by atoms with Gasteiger partial charge in [0.2, 0.25) is 5.88 Å². The van der Waals surface area contributed by atoms with Crippen molar-refractivity contribution in [3.05, 3.63) is 60.6 Å². The predicted molar refractivity (Wildman–Crippen MR) is 101 cm³/mol. The van der Waals surface area contributed by atoms with Crippen molar-refractivity contribution in [1.29, 1.82) is 0 Å². The normalized spacial score (nSPS) is 11.8. The molecule has 0 saturated carbocycles. The monoisotopic (exact) mass is 347 g/mol. The molecule has 0 unspecified atom stereocenters. The molecule has 3 aromatic heterocycles. The standard InChI is InChI=1S/C21H21N3O2/c1-14-13-15(26-20-17-9-12-25-19(17)8-10-22-20)5-6-16(14)18-7-11-23-24(18)21(2,3)4/h5-13H,1-4H3. The van der Waals surface area contributed by atoms with E-state index in [2.05, 4.69) is 43.8 Å². The summed E-state index contributed by atoms with van der Waals surface area (Å²) in [5.41, 5.74) is 4.03. The zero-order valence-corrected chi connectivity index (χ0v) is 15.4. The number of fused-ring (bicyclic) bond motifs is 1. The van der Waals surface area contributed by atoms with Crippen LogP contribution in [0.15, 0.2) is 59.5 Å². The van der Waals surface area contributed by atoms with Gasteiger partial charge in [-0.25, -0.2) is 4.98 Å². The van der Waals surface area contributed by atoms with Gasteiger partial charge in [-0.2, -0.15) is 5.10 Å². The minimum Gasteiger partial charge on any atom is -0.464 e. The molecule has 0 aliphatic carbocycles. The summed E-state index contributed by atoms with van der Waals surface area (Å²) in [4.78, 5) is 4.33. The summed E-state index contributed by atoms with van der Waals surface area (Å²) < 4.78 is 13.5. The molecule has 0 saturated heterocycles. The Kier molecular flexibility index (Phi) is 3.80. The predicted octanol–water partition coefficient (Wildman–Crippen LogP) is 5.55. The van der Waals surface area contributed by atoms with E-state index in [4.69, 9.17) is 9.15 Å². The molecule has 0 aliphatic rings. The van der Waals surface area contributed by atoms with Crippen LogP contribution in [-0.2, 0) is 5.54 Å². The summed E-state index contributed by atoms with van der Waals surface area (Å²) in [7, 11) is 0. The molecule has 0 radical (unpaired) electrons. The number of rotatable bonds is 3. The van der Waals surface area contributed by atoms with Crippen LogP contribution < -0.4 is 4.74 Å². The van der Waals surface area contributed by atoms with E-state index in [1.807, 2.05) is 41.2 Å². The van der Waals surface area contributed by atoms with Gasteiger partial charge in [0.1, 0.15) is 11.3 Å². The highest BCUT2D eigenvalue weighted by Crippen LogP contribution is 2.33. The summed E-state index contributed by atoms with van der Waals surface area (Å²) in [6.07, 6.45) is 5.17. The number of pyridine rings is 1. The van der Waals surface area contributed by atoms with E-state index in [-0.39, 0.29) is 5.54 Å². The van der Waals surface area contributed by atoms with Crippen LogP contribution in [0.5, 0.6) is 11.6 Å². The number of benzene rings is 1. The molecule has 0 atom stereocenters. The largest absolute Gasteiger partial charge is 0.464 e. The van der Waals surface area contributed by atoms with Gasteiger partial charge in [-0.3, -0.25) is 4.68 Å². The Labute approximate surface area is 152 Å². The van der Waals surface area contributed by atoms with Gasteiger partial charge >= 0.3 is 0 Å². The molecule has 5 nitrogen and oxygen atoms in total. The maximum atomic E-state index is 6.01. The number of ether oxygens (including phenoxy) is 1. The van der Waals surface area contributed by atoms with Crippen LogP contribution in [0.2, 0.25) is 0 Å². The van der Waals surface area contributed by atoms with Gasteiger partial charge in [0.05, 0.1) is 22.9 Å². The molecule has 0 bridgehead atoms. The van der Waals surface area contributed by atoms with Crippen molar-refractivity contribution in [2.45, 2.75) is 33.2 Å². The van der Waals surface area contributed by atoms with Gasteiger partial charge in [-0.05, 0) is 69.7 Å². The Morgan fingerprint density at radius 2 is 1.88 bits per heavy atom. The molecule has 0 fully saturated rings. The summed E-state index contributed by atoms with van der Waals surface area (Å²) in [6.45, 7) is 8.52. The SMILES string of the molecule is Cc1cc(Oc2nccc3occc23)ccc1-c1ccnn1C(C)(C)C. The van der Waals surface area contributed by atoms with Gasteiger partial charge in [0.25, 0.3) is 0 Å². The van der Waals surface area contributed by atoms with Gasteiger partial charge in [-0.15, -0.1) is 0 Å². The molecule has 0 N–H and O–H groups in total. The van der Waals surface area contributed by atoms with Gasteiger partial charge in [0, 0.05) is 18.0 Å². The second-order valence-corrected chi connectivity index (χ2v) is 7.33. The van der Waals surface area contributed by atoms with Gasteiger partial charge in [-0.1, -0.05) is 0 Å². The maximum absolute atomic E-state index is 6.01. The third-order valence-corrected chi connectivity index (χ3v) is 4.31. The number of nitrogens with zero attached hydrogens (tertiary/aromatic N) is 3. The third kappa shape index (κ3) is 2.86. The maximum Gasteiger partial charge on any atom is 0.230 e. The molecule has 5 heteroatoms. The second-order valence-electron chi connectivity index (χ2n) is 7.33. The van der Waals surface area contributed by atoms with E-state index >= 15 is 0 Å². The molecular weight excluding hydrogens is 326 g/mol. The molecule has 1 aromatic carbocycles. The van der Waals surface area contributed by atoms with Crippen LogP contribution in [0.3, 0.4) is 0 Å². The van der Waals surface area contributed by atoms with Crippen molar-refractivity contribution in [3.63, 3.8) is 0 Å². The number of hydrogen-bond donors (Lipinski definition) is 0. The van der Waals surface area contributed by atoms with Crippen molar-refractivity contribution < 1.29 is 9.15 Å². The Hall–Kier alpha value is -3.08. The van der Waals surface area contributed by atoms with E-state index in [0.29, 0.717) is 5.88 Å². The average molecular weight is 347 g/mol. The van der Waals surface area contributed by atoms with Crippen molar-refractivity contribution in [3.8, 4) is 22.9 Å². The fraction of sp³-hybridized carbons (Fsp3) is 0.238. The zero-order valence-electron chi connectivity index (χ0n) is 15.4.